The third kappa shape index (κ3) is 7.30. The quantitative estimate of drug-likeness (QED) is 0.125. The minimum Gasteiger partial charge on any atom is -0.451 e. The van der Waals surface area contributed by atoms with E-state index in [1.54, 1.807) is 18.3 Å². The van der Waals surface area contributed by atoms with Gasteiger partial charge in [0.25, 0.3) is 5.89 Å². The van der Waals surface area contributed by atoms with Crippen LogP contribution in [0.4, 0.5) is 17.5 Å². The number of nitrogens with zero attached hydrogens (tertiary/aromatic N) is 5. The number of aromatic nitrogens is 4. The standard InChI is InChI=1S/C33H40N8O4/c1-33(2)26-19-23(12-13-24(26)31(43)45-33)36-32-35-20-25(29(38-32)37-27(21-42)22-9-5-3-6-10-22)30-40-39-28(44-30)11-7-4-8-16-41-17-14-34-15-18-41/h3,5-6,9-10,12-13,19-20,27,34,42H,4,7-8,11,14-18,21H2,1-2H3,(H2,35,36,37,38)/t27-/m1/s1. The number of hydrogen-bond acceptors (Lipinski definition) is 12. The highest BCUT2D eigenvalue weighted by atomic mass is 16.6. The zero-order valence-corrected chi connectivity index (χ0v) is 25.8. The molecule has 4 N–H and O–H groups in total. The van der Waals surface area contributed by atoms with Gasteiger partial charge in [-0.25, -0.2) is 9.78 Å². The van der Waals surface area contributed by atoms with Gasteiger partial charge in [-0.15, -0.1) is 10.2 Å². The van der Waals surface area contributed by atoms with Crippen LogP contribution in [0.25, 0.3) is 11.5 Å². The first-order valence-electron chi connectivity index (χ1n) is 15.6. The molecule has 1 fully saturated rings. The first kappa shape index (κ1) is 30.6. The Balaban J connectivity index is 1.19. The lowest BCUT2D eigenvalue weighted by Gasteiger charge is -2.26. The van der Waals surface area contributed by atoms with Gasteiger partial charge >= 0.3 is 5.97 Å². The number of nitrogens with one attached hydrogen (secondary N) is 3. The molecule has 0 radical (unpaired) electrons. The van der Waals surface area contributed by atoms with E-state index in [9.17, 15) is 9.90 Å². The van der Waals surface area contributed by atoms with Gasteiger partial charge in [-0.05, 0) is 57.0 Å². The van der Waals surface area contributed by atoms with Crippen molar-refractivity contribution in [3.63, 3.8) is 0 Å². The number of carbonyl (C=O) groups excluding carboxylic acids is 1. The maximum Gasteiger partial charge on any atom is 0.339 e. The molecule has 0 spiro atoms. The molecule has 1 atom stereocenters. The Bertz CT molecular complexity index is 1600. The van der Waals surface area contributed by atoms with E-state index < -0.39 is 11.6 Å². The molecule has 0 unspecified atom stereocenters. The first-order chi connectivity index (χ1) is 21.9. The van der Waals surface area contributed by atoms with Crippen LogP contribution in [0, 0.1) is 0 Å². The molecule has 2 aromatic carbocycles. The third-order valence-electron chi connectivity index (χ3n) is 8.25. The minimum atomic E-state index is -0.730. The molecule has 0 aliphatic carbocycles. The number of carbonyl (C=O) groups is 1. The number of esters is 1. The summed E-state index contributed by atoms with van der Waals surface area (Å²) in [5.74, 6) is 1.29. The molecular formula is C33H40N8O4. The second-order valence-corrected chi connectivity index (χ2v) is 11.9. The summed E-state index contributed by atoms with van der Waals surface area (Å²) >= 11 is 0. The van der Waals surface area contributed by atoms with Crippen LogP contribution in [0.2, 0.25) is 0 Å². The highest BCUT2D eigenvalue weighted by molar-refractivity contribution is 5.95. The number of ether oxygens (including phenoxy) is 1. The molecule has 4 heterocycles. The molecule has 12 heteroatoms. The van der Waals surface area contributed by atoms with Gasteiger partial charge in [-0.1, -0.05) is 36.8 Å². The van der Waals surface area contributed by atoms with Crippen LogP contribution < -0.4 is 16.0 Å². The largest absolute Gasteiger partial charge is 0.451 e. The van der Waals surface area contributed by atoms with Crippen LogP contribution >= 0.6 is 0 Å². The van der Waals surface area contributed by atoms with Crippen molar-refractivity contribution in [1.82, 2.24) is 30.4 Å². The lowest BCUT2D eigenvalue weighted by Crippen LogP contribution is -2.43. The topological polar surface area (TPSA) is 151 Å². The summed E-state index contributed by atoms with van der Waals surface area (Å²) in [5, 5.41) is 28.9. The van der Waals surface area contributed by atoms with Gasteiger partial charge in [-0.2, -0.15) is 4.98 Å². The molecule has 45 heavy (non-hydrogen) atoms. The molecule has 0 saturated carbocycles. The summed E-state index contributed by atoms with van der Waals surface area (Å²) in [6.07, 6.45) is 5.53. The van der Waals surface area contributed by atoms with E-state index >= 15 is 0 Å². The van der Waals surface area contributed by atoms with E-state index in [4.69, 9.17) is 14.1 Å². The van der Waals surface area contributed by atoms with Crippen LogP contribution in [-0.2, 0) is 16.8 Å². The van der Waals surface area contributed by atoms with E-state index in [0.717, 1.165) is 63.1 Å². The van der Waals surface area contributed by atoms with Crippen molar-refractivity contribution < 1.29 is 19.1 Å². The van der Waals surface area contributed by atoms with Crippen molar-refractivity contribution in [3.05, 3.63) is 77.3 Å². The molecule has 12 nitrogen and oxygen atoms in total. The molecule has 2 aliphatic rings. The lowest BCUT2D eigenvalue weighted by atomic mass is 9.95. The molecule has 0 bridgehead atoms. The predicted octanol–water partition coefficient (Wildman–Crippen LogP) is 4.44. The van der Waals surface area contributed by atoms with Crippen LogP contribution in [-0.4, -0.2) is 75.5 Å². The number of benzene rings is 2. The summed E-state index contributed by atoms with van der Waals surface area (Å²) in [4.78, 5) is 24.1. The van der Waals surface area contributed by atoms with E-state index in [0.29, 0.717) is 46.8 Å². The highest BCUT2D eigenvalue weighted by Gasteiger charge is 2.37. The Morgan fingerprint density at radius 3 is 2.67 bits per heavy atom. The molecule has 1 saturated heterocycles. The van der Waals surface area contributed by atoms with Crippen LogP contribution in [0.1, 0.15) is 66.5 Å². The molecular weight excluding hydrogens is 572 g/mol. The average Bonchev–Trinajstić information content (AvgIpc) is 3.61. The second-order valence-electron chi connectivity index (χ2n) is 11.9. The normalized spacial score (nSPS) is 16.6. The summed E-state index contributed by atoms with van der Waals surface area (Å²) < 4.78 is 11.6. The number of rotatable bonds is 13. The second kappa shape index (κ2) is 13.7. The maximum atomic E-state index is 12.2. The van der Waals surface area contributed by atoms with E-state index in [-0.39, 0.29) is 12.6 Å². The van der Waals surface area contributed by atoms with Gasteiger partial charge < -0.3 is 35.1 Å². The molecule has 2 aliphatic heterocycles. The van der Waals surface area contributed by atoms with Gasteiger partial charge in [0, 0.05) is 50.0 Å². The lowest BCUT2D eigenvalue weighted by molar-refractivity contribution is 0.00954. The molecule has 2 aromatic heterocycles. The molecule has 0 amide bonds. The summed E-state index contributed by atoms with van der Waals surface area (Å²) in [5.41, 5.74) is 2.74. The summed E-state index contributed by atoms with van der Waals surface area (Å²) in [6.45, 7) is 9.04. The minimum absolute atomic E-state index is 0.160. The summed E-state index contributed by atoms with van der Waals surface area (Å²) in [7, 11) is 0. The number of piperazine rings is 1. The van der Waals surface area contributed by atoms with Gasteiger partial charge in [0.2, 0.25) is 11.8 Å². The fourth-order valence-electron chi connectivity index (χ4n) is 5.75. The smallest absolute Gasteiger partial charge is 0.339 e. The number of anilines is 3. The number of hydrogen-bond donors (Lipinski definition) is 4. The number of unbranched alkanes of at least 4 members (excludes halogenated alkanes) is 2. The van der Waals surface area contributed by atoms with Crippen molar-refractivity contribution in [2.45, 2.75) is 51.2 Å². The maximum absolute atomic E-state index is 12.2. The predicted molar refractivity (Wildman–Crippen MR) is 170 cm³/mol. The summed E-state index contributed by atoms with van der Waals surface area (Å²) in [6, 6.07) is 14.6. The third-order valence-corrected chi connectivity index (χ3v) is 8.25. The van der Waals surface area contributed by atoms with Crippen molar-refractivity contribution in [3.8, 4) is 11.5 Å². The van der Waals surface area contributed by atoms with E-state index in [2.05, 4.69) is 36.0 Å². The van der Waals surface area contributed by atoms with Crippen LogP contribution in [0.5, 0.6) is 0 Å². The average molecular weight is 613 g/mol. The van der Waals surface area contributed by atoms with Crippen LogP contribution in [0.15, 0.2) is 59.1 Å². The van der Waals surface area contributed by atoms with E-state index in [1.807, 2.05) is 50.2 Å². The molecule has 6 rings (SSSR count). The SMILES string of the molecule is CC1(C)OC(=O)c2ccc(Nc3ncc(-c4nnc(CCCCCN5CCNCC5)o4)c(N[C@H](CO)c4ccccc4)n3)cc21. The van der Waals surface area contributed by atoms with Gasteiger partial charge in [-0.3, -0.25) is 0 Å². The van der Waals surface area contributed by atoms with Crippen molar-refractivity contribution in [2.24, 2.45) is 0 Å². The number of aryl methyl sites for hydroxylation is 1. The molecule has 236 valence electrons. The van der Waals surface area contributed by atoms with Gasteiger partial charge in [0.15, 0.2) is 0 Å². The van der Waals surface area contributed by atoms with Crippen LogP contribution in [0.3, 0.4) is 0 Å². The van der Waals surface area contributed by atoms with Crippen molar-refractivity contribution in [1.29, 1.82) is 0 Å². The number of aliphatic hydroxyl groups is 1. The Hall–Kier alpha value is -4.39. The zero-order valence-electron chi connectivity index (χ0n) is 25.8. The Labute approximate surface area is 262 Å². The monoisotopic (exact) mass is 612 g/mol. The van der Waals surface area contributed by atoms with E-state index in [1.165, 1.54) is 0 Å². The number of aliphatic hydroxyl groups excluding tert-OH is 1. The Morgan fingerprint density at radius 2 is 1.87 bits per heavy atom. The highest BCUT2D eigenvalue weighted by Crippen LogP contribution is 2.38. The van der Waals surface area contributed by atoms with Gasteiger partial charge in [0.1, 0.15) is 11.4 Å². The number of cyclic esters (lactones) is 1. The fraction of sp³-hybridized carbons (Fsp3) is 0.424. The fourth-order valence-corrected chi connectivity index (χ4v) is 5.75. The Morgan fingerprint density at radius 1 is 1.04 bits per heavy atom. The molecule has 4 aromatic rings. The van der Waals surface area contributed by atoms with Gasteiger partial charge in [0.05, 0.1) is 23.8 Å². The Kier molecular flexibility index (Phi) is 9.34. The number of fused-ring (bicyclic) bond motifs is 1. The van der Waals surface area contributed by atoms with Crippen molar-refractivity contribution in [2.75, 3.05) is 50.0 Å². The first-order valence-corrected chi connectivity index (χ1v) is 15.6. The zero-order chi connectivity index (χ0) is 31.2. The van der Waals surface area contributed by atoms with Crippen molar-refractivity contribution >= 4 is 23.4 Å².